The molecule has 122 valence electrons. The molecule has 0 bridgehead atoms. The summed E-state index contributed by atoms with van der Waals surface area (Å²) in [4.78, 5) is 34.1. The van der Waals surface area contributed by atoms with Crippen LogP contribution >= 0.6 is 0 Å². The predicted octanol–water partition coefficient (Wildman–Crippen LogP) is 3.31. The summed E-state index contributed by atoms with van der Waals surface area (Å²) in [5.74, 6) is -1.24. The van der Waals surface area contributed by atoms with Crippen LogP contribution in [0.15, 0.2) is 60.2 Å². The molecule has 2 aromatic rings. The number of nitrogens with zero attached hydrogens (tertiary/aromatic N) is 1. The lowest BCUT2D eigenvalue weighted by Crippen LogP contribution is -2.13. The van der Waals surface area contributed by atoms with Gasteiger partial charge < -0.3 is 4.74 Å². The van der Waals surface area contributed by atoms with E-state index in [1.807, 2.05) is 18.2 Å². The van der Waals surface area contributed by atoms with Gasteiger partial charge in [0.15, 0.2) is 5.78 Å². The predicted molar refractivity (Wildman–Crippen MR) is 88.0 cm³/mol. The van der Waals surface area contributed by atoms with Crippen molar-refractivity contribution in [3.05, 3.63) is 81.4 Å². The number of hydrogen-bond donors (Lipinski definition) is 0. The highest BCUT2D eigenvalue weighted by Gasteiger charge is 2.17. The molecule has 2 rings (SSSR count). The molecule has 6 heteroatoms. The Morgan fingerprint density at radius 2 is 1.83 bits per heavy atom. The Hall–Kier alpha value is -3.28. The van der Waals surface area contributed by atoms with Gasteiger partial charge in [0.25, 0.3) is 5.69 Å². The molecule has 0 saturated carbocycles. The van der Waals surface area contributed by atoms with Crippen LogP contribution < -0.4 is 0 Å². The van der Waals surface area contributed by atoms with E-state index in [0.29, 0.717) is 5.56 Å². The molecule has 0 aromatic heterocycles. The Morgan fingerprint density at radius 3 is 2.46 bits per heavy atom. The summed E-state index contributed by atoms with van der Waals surface area (Å²) in [5, 5.41) is 10.8. The number of Topliss-reactive ketones (excluding diaryl/α,β-unsaturated/α-hetero) is 1. The zero-order valence-corrected chi connectivity index (χ0v) is 13.0. The molecule has 0 heterocycles. The van der Waals surface area contributed by atoms with Gasteiger partial charge in [-0.2, -0.15) is 0 Å². The van der Waals surface area contributed by atoms with Crippen LogP contribution in [0.1, 0.15) is 18.1 Å². The number of non-ortho nitro benzene ring substituents is 1. The highest BCUT2D eigenvalue weighted by atomic mass is 16.6. The third-order valence-corrected chi connectivity index (χ3v) is 3.20. The second kappa shape index (κ2) is 7.82. The third-order valence-electron chi connectivity index (χ3n) is 3.20. The first-order valence-electron chi connectivity index (χ1n) is 7.15. The van der Waals surface area contributed by atoms with E-state index in [-0.39, 0.29) is 17.9 Å². The average Bonchev–Trinajstić information content (AvgIpc) is 2.58. The quantitative estimate of drug-likeness (QED) is 0.203. The SMILES string of the molecule is CC(=O)C(=Cc1cccc([N+](=O)[O-])c1)C(=O)OCc1ccccc1. The fourth-order valence-corrected chi connectivity index (χ4v) is 2.00. The Bertz CT molecular complexity index is 796. The second-order valence-electron chi connectivity index (χ2n) is 5.03. The van der Waals surface area contributed by atoms with E-state index in [0.717, 1.165) is 5.56 Å². The zero-order valence-electron chi connectivity index (χ0n) is 13.0. The zero-order chi connectivity index (χ0) is 17.5. The monoisotopic (exact) mass is 325 g/mol. The third kappa shape index (κ3) is 4.61. The maximum atomic E-state index is 12.1. The van der Waals surface area contributed by atoms with E-state index in [4.69, 9.17) is 4.74 Å². The fourth-order valence-electron chi connectivity index (χ4n) is 2.00. The van der Waals surface area contributed by atoms with Crippen LogP contribution in [-0.2, 0) is 20.9 Å². The molecule has 0 aliphatic rings. The molecule has 0 fully saturated rings. The minimum absolute atomic E-state index is 0.0409. The fraction of sp³-hybridized carbons (Fsp3) is 0.111. The minimum atomic E-state index is -0.766. The number of nitro groups is 1. The summed E-state index contributed by atoms with van der Waals surface area (Å²) in [7, 11) is 0. The van der Waals surface area contributed by atoms with Crippen molar-refractivity contribution < 1.29 is 19.2 Å². The van der Waals surface area contributed by atoms with E-state index in [1.54, 1.807) is 18.2 Å². The van der Waals surface area contributed by atoms with Crippen LogP contribution in [0.4, 0.5) is 5.69 Å². The van der Waals surface area contributed by atoms with Gasteiger partial charge in [0.1, 0.15) is 12.2 Å². The summed E-state index contributed by atoms with van der Waals surface area (Å²) in [6.45, 7) is 1.28. The number of ether oxygens (including phenoxy) is 1. The van der Waals surface area contributed by atoms with Gasteiger partial charge >= 0.3 is 5.97 Å². The maximum absolute atomic E-state index is 12.1. The molecule has 0 saturated heterocycles. The van der Waals surface area contributed by atoms with Crippen LogP contribution in [0.5, 0.6) is 0 Å². The number of rotatable bonds is 6. The van der Waals surface area contributed by atoms with Gasteiger partial charge in [-0.1, -0.05) is 42.5 Å². The van der Waals surface area contributed by atoms with Crippen molar-refractivity contribution in [3.8, 4) is 0 Å². The molecule has 0 N–H and O–H groups in total. The molecular formula is C18H15NO5. The van der Waals surface area contributed by atoms with Crippen molar-refractivity contribution in [2.75, 3.05) is 0 Å². The van der Waals surface area contributed by atoms with Crippen LogP contribution in [0, 0.1) is 10.1 Å². The van der Waals surface area contributed by atoms with Gasteiger partial charge in [0.2, 0.25) is 0 Å². The number of carbonyl (C=O) groups is 2. The molecule has 24 heavy (non-hydrogen) atoms. The number of nitro benzene ring substituents is 1. The van der Waals surface area contributed by atoms with Gasteiger partial charge in [-0.3, -0.25) is 14.9 Å². The first-order chi connectivity index (χ1) is 11.5. The van der Waals surface area contributed by atoms with E-state index in [2.05, 4.69) is 0 Å². The molecule has 0 amide bonds. The van der Waals surface area contributed by atoms with Crippen molar-refractivity contribution >= 4 is 23.5 Å². The first-order valence-corrected chi connectivity index (χ1v) is 7.15. The Kier molecular flexibility index (Phi) is 5.57. The first kappa shape index (κ1) is 17.1. The summed E-state index contributed by atoms with van der Waals surface area (Å²) in [5.41, 5.74) is 0.894. The lowest BCUT2D eigenvalue weighted by Gasteiger charge is -2.06. The number of esters is 1. The topological polar surface area (TPSA) is 86.5 Å². The number of carbonyl (C=O) groups excluding carboxylic acids is 2. The molecule has 6 nitrogen and oxygen atoms in total. The van der Waals surface area contributed by atoms with Crippen molar-refractivity contribution in [1.82, 2.24) is 0 Å². The van der Waals surface area contributed by atoms with Gasteiger partial charge in [0, 0.05) is 12.1 Å². The Labute approximate surface area is 138 Å². The maximum Gasteiger partial charge on any atom is 0.342 e. The molecule has 0 atom stereocenters. The largest absolute Gasteiger partial charge is 0.457 e. The van der Waals surface area contributed by atoms with Crippen LogP contribution in [0.3, 0.4) is 0 Å². The molecule has 2 aromatic carbocycles. The molecular weight excluding hydrogens is 310 g/mol. The van der Waals surface area contributed by atoms with Gasteiger partial charge in [-0.15, -0.1) is 0 Å². The van der Waals surface area contributed by atoms with Crippen LogP contribution in [-0.4, -0.2) is 16.7 Å². The van der Waals surface area contributed by atoms with Gasteiger partial charge in [-0.05, 0) is 24.1 Å². The normalized spacial score (nSPS) is 11.0. The van der Waals surface area contributed by atoms with E-state index in [9.17, 15) is 19.7 Å². The highest BCUT2D eigenvalue weighted by Crippen LogP contribution is 2.17. The Morgan fingerprint density at radius 1 is 1.12 bits per heavy atom. The molecule has 0 aliphatic carbocycles. The summed E-state index contributed by atoms with van der Waals surface area (Å²) >= 11 is 0. The lowest BCUT2D eigenvalue weighted by atomic mass is 10.1. The van der Waals surface area contributed by atoms with Crippen LogP contribution in [0.2, 0.25) is 0 Å². The average molecular weight is 325 g/mol. The van der Waals surface area contributed by atoms with E-state index >= 15 is 0 Å². The lowest BCUT2D eigenvalue weighted by molar-refractivity contribution is -0.384. The summed E-state index contributed by atoms with van der Waals surface area (Å²) < 4.78 is 5.14. The van der Waals surface area contributed by atoms with Crippen molar-refractivity contribution in [1.29, 1.82) is 0 Å². The van der Waals surface area contributed by atoms with Gasteiger partial charge in [0.05, 0.1) is 4.92 Å². The highest BCUT2D eigenvalue weighted by molar-refractivity contribution is 6.19. The summed E-state index contributed by atoms with van der Waals surface area (Å²) in [6.07, 6.45) is 1.29. The number of benzene rings is 2. The smallest absolute Gasteiger partial charge is 0.342 e. The van der Waals surface area contributed by atoms with Crippen molar-refractivity contribution in [2.24, 2.45) is 0 Å². The van der Waals surface area contributed by atoms with Gasteiger partial charge in [-0.25, -0.2) is 4.79 Å². The molecule has 0 unspecified atom stereocenters. The minimum Gasteiger partial charge on any atom is -0.457 e. The van der Waals surface area contributed by atoms with Crippen molar-refractivity contribution in [2.45, 2.75) is 13.5 Å². The van der Waals surface area contributed by atoms with E-state index < -0.39 is 16.7 Å². The van der Waals surface area contributed by atoms with Crippen LogP contribution in [0.25, 0.3) is 6.08 Å². The summed E-state index contributed by atoms with van der Waals surface area (Å²) in [6, 6.07) is 14.7. The molecule has 0 radical (unpaired) electrons. The number of hydrogen-bond acceptors (Lipinski definition) is 5. The molecule has 0 aliphatic heterocycles. The van der Waals surface area contributed by atoms with E-state index in [1.165, 1.54) is 31.2 Å². The number of ketones is 1. The van der Waals surface area contributed by atoms with Crippen molar-refractivity contribution in [3.63, 3.8) is 0 Å². The Balaban J connectivity index is 2.19. The second-order valence-corrected chi connectivity index (χ2v) is 5.03. The standard InChI is InChI=1S/C18H15NO5/c1-13(20)17(11-15-8-5-9-16(10-15)19(22)23)18(21)24-12-14-6-3-2-4-7-14/h2-11H,12H2,1H3. The molecule has 0 spiro atoms.